The molecule has 0 saturated heterocycles. The summed E-state index contributed by atoms with van der Waals surface area (Å²) in [6, 6.07) is 6.88. The smallest absolute Gasteiger partial charge is 0.416 e. The number of hydrogen-bond donors (Lipinski definition) is 0. The molecule has 0 aliphatic rings. The molecule has 0 saturated carbocycles. The SMILES string of the molecule is C=CCOC(=O)C(CCC)OC(=O)c1cc(-c2c(F)cc(C(F)(F)F)cc2Cl)ccc1[N+](=O)[O-].C=CCOC(=O)C(CCC)OC(=O)c1cc(-c2c(F)cc(C(F)(F)F)cc2Cl)ccc1[N+](=O)[O-].O. The average molecular weight is 1030 g/mol. The summed E-state index contributed by atoms with van der Waals surface area (Å²) in [6.07, 6.45) is -9.00. The van der Waals surface area contributed by atoms with E-state index in [2.05, 4.69) is 13.2 Å². The Morgan fingerprint density at radius 1 is 0.638 bits per heavy atom. The molecule has 0 radical (unpaired) electrons. The zero-order valence-corrected chi connectivity index (χ0v) is 37.3. The maximum Gasteiger partial charge on any atom is 0.416 e. The average Bonchev–Trinajstić information content (AvgIpc) is 3.25. The van der Waals surface area contributed by atoms with Crippen molar-refractivity contribution in [1.29, 1.82) is 0 Å². The van der Waals surface area contributed by atoms with Crippen LogP contribution in [0.4, 0.5) is 46.5 Å². The lowest BCUT2D eigenvalue weighted by molar-refractivity contribution is -0.385. The molecule has 0 amide bonds. The van der Waals surface area contributed by atoms with Crippen LogP contribution in [-0.2, 0) is 40.9 Å². The third-order valence-corrected chi connectivity index (χ3v) is 9.55. The Morgan fingerprint density at radius 2 is 0.971 bits per heavy atom. The Bertz CT molecular complexity index is 2370. The highest BCUT2D eigenvalue weighted by Crippen LogP contribution is 2.41. The van der Waals surface area contributed by atoms with Gasteiger partial charge in [-0.2, -0.15) is 26.3 Å². The summed E-state index contributed by atoms with van der Waals surface area (Å²) in [7, 11) is 0. The van der Waals surface area contributed by atoms with Crippen LogP contribution < -0.4 is 0 Å². The number of nitro groups is 2. The van der Waals surface area contributed by atoms with Crippen LogP contribution in [0.2, 0.25) is 10.0 Å². The number of nitrogens with zero attached hydrogens (tertiary/aromatic N) is 2. The molecular weight excluding hydrogens is 987 g/mol. The summed E-state index contributed by atoms with van der Waals surface area (Å²) in [5.74, 6) is -7.08. The van der Waals surface area contributed by atoms with Gasteiger partial charge in [-0.3, -0.25) is 20.2 Å². The lowest BCUT2D eigenvalue weighted by Crippen LogP contribution is -2.29. The van der Waals surface area contributed by atoms with Gasteiger partial charge in [-0.25, -0.2) is 28.0 Å². The third-order valence-electron chi connectivity index (χ3n) is 8.96. The number of nitro benzene ring substituents is 2. The van der Waals surface area contributed by atoms with Crippen LogP contribution in [0.25, 0.3) is 22.3 Å². The zero-order chi connectivity index (χ0) is 51.3. The number of benzene rings is 4. The van der Waals surface area contributed by atoms with E-state index in [0.717, 1.165) is 36.4 Å². The molecule has 2 unspecified atom stereocenters. The third kappa shape index (κ3) is 15.5. The minimum atomic E-state index is -4.86. The lowest BCUT2D eigenvalue weighted by Gasteiger charge is -2.16. The molecule has 4 aromatic rings. The molecule has 0 fully saturated rings. The van der Waals surface area contributed by atoms with E-state index < -0.39 is 125 Å². The molecular formula is C44H38Cl2F8N2O13. The Labute approximate surface area is 395 Å². The second-order valence-electron chi connectivity index (χ2n) is 13.8. The summed E-state index contributed by atoms with van der Waals surface area (Å²) < 4.78 is 127. The molecule has 0 bridgehead atoms. The number of ether oxygens (including phenoxy) is 4. The van der Waals surface area contributed by atoms with Gasteiger partial charge in [0.05, 0.1) is 31.0 Å². The van der Waals surface area contributed by atoms with Gasteiger partial charge < -0.3 is 24.4 Å². The number of carbonyl (C=O) groups is 4. The van der Waals surface area contributed by atoms with E-state index in [1.54, 1.807) is 13.8 Å². The fourth-order valence-corrected chi connectivity index (χ4v) is 6.52. The molecule has 0 aliphatic heterocycles. The quantitative estimate of drug-likeness (QED) is 0.0227. The van der Waals surface area contributed by atoms with Gasteiger partial charge in [0.25, 0.3) is 11.4 Å². The van der Waals surface area contributed by atoms with Crippen LogP contribution in [0, 0.1) is 31.9 Å². The first-order valence-corrected chi connectivity index (χ1v) is 20.2. The van der Waals surface area contributed by atoms with Gasteiger partial charge in [-0.05, 0) is 72.5 Å². The number of halogens is 10. The Hall–Kier alpha value is -6.98. The summed E-state index contributed by atoms with van der Waals surface area (Å²) in [4.78, 5) is 70.8. The van der Waals surface area contributed by atoms with E-state index in [0.29, 0.717) is 25.0 Å². The van der Waals surface area contributed by atoms with Crippen molar-refractivity contribution in [3.8, 4) is 22.3 Å². The van der Waals surface area contributed by atoms with E-state index in [1.165, 1.54) is 12.2 Å². The Balaban J connectivity index is 0.000000467. The summed E-state index contributed by atoms with van der Waals surface area (Å²) in [5.41, 5.74) is -6.88. The molecule has 2 atom stereocenters. The van der Waals surface area contributed by atoms with Crippen molar-refractivity contribution in [3.63, 3.8) is 0 Å². The molecule has 0 heterocycles. The molecule has 0 spiro atoms. The lowest BCUT2D eigenvalue weighted by atomic mass is 9.99. The summed E-state index contributed by atoms with van der Waals surface area (Å²) in [5, 5.41) is 21.6. The number of carbonyl (C=O) groups excluding carboxylic acids is 4. The highest BCUT2D eigenvalue weighted by atomic mass is 35.5. The number of rotatable bonds is 18. The Kier molecular flexibility index (Phi) is 21.4. The van der Waals surface area contributed by atoms with Crippen LogP contribution >= 0.6 is 23.2 Å². The van der Waals surface area contributed by atoms with Gasteiger partial charge >= 0.3 is 36.2 Å². The molecule has 25 heteroatoms. The van der Waals surface area contributed by atoms with Gasteiger partial charge in [-0.15, -0.1) is 0 Å². The Morgan fingerprint density at radius 3 is 1.23 bits per heavy atom. The standard InChI is InChI=1S/2C22H18ClF4NO6.H2O/c2*1-3-5-18(21(30)33-8-4-2)34-20(29)14-9-12(6-7-17(14)28(31)32)19-15(23)10-13(11-16(19)24)22(25,26)27;/h2*4,6-7,9-11,18H,2-3,5,8H2,1H3;1H2. The zero-order valence-electron chi connectivity index (χ0n) is 35.8. The van der Waals surface area contributed by atoms with Crippen LogP contribution in [0.1, 0.15) is 71.4 Å². The highest BCUT2D eigenvalue weighted by molar-refractivity contribution is 6.34. The van der Waals surface area contributed by atoms with Crippen molar-refractivity contribution in [1.82, 2.24) is 0 Å². The molecule has 69 heavy (non-hydrogen) atoms. The van der Waals surface area contributed by atoms with Crippen molar-refractivity contribution in [2.45, 2.75) is 64.1 Å². The number of alkyl halides is 6. The second-order valence-corrected chi connectivity index (χ2v) is 14.6. The topological polar surface area (TPSA) is 223 Å². The monoisotopic (exact) mass is 1020 g/mol. The number of esters is 4. The first-order valence-electron chi connectivity index (χ1n) is 19.5. The normalized spacial score (nSPS) is 11.9. The molecule has 4 aromatic carbocycles. The van der Waals surface area contributed by atoms with Gasteiger partial charge in [0.2, 0.25) is 0 Å². The first kappa shape index (κ1) is 58.1. The van der Waals surface area contributed by atoms with E-state index in [-0.39, 0.29) is 54.8 Å². The van der Waals surface area contributed by atoms with Crippen molar-refractivity contribution in [3.05, 3.63) is 150 Å². The fraction of sp³-hybridized carbons (Fsp3) is 0.273. The molecule has 4 rings (SSSR count). The fourth-order valence-electron chi connectivity index (χ4n) is 5.88. The van der Waals surface area contributed by atoms with Crippen molar-refractivity contribution < 1.29 is 88.6 Å². The predicted molar refractivity (Wildman–Crippen MR) is 231 cm³/mol. The van der Waals surface area contributed by atoms with Gasteiger partial charge in [0.15, 0.2) is 12.2 Å². The molecule has 0 aliphatic carbocycles. The van der Waals surface area contributed by atoms with Crippen LogP contribution in [-0.4, -0.2) is 64.6 Å². The van der Waals surface area contributed by atoms with E-state index in [4.69, 9.17) is 42.1 Å². The predicted octanol–water partition coefficient (Wildman–Crippen LogP) is 11.4. The van der Waals surface area contributed by atoms with Gasteiger partial charge in [0, 0.05) is 23.3 Å². The summed E-state index contributed by atoms with van der Waals surface area (Å²) in [6.45, 7) is 9.85. The van der Waals surface area contributed by atoms with Gasteiger partial charge in [0.1, 0.15) is 36.0 Å². The highest BCUT2D eigenvalue weighted by Gasteiger charge is 2.35. The first-order chi connectivity index (χ1) is 31.8. The van der Waals surface area contributed by atoms with Crippen molar-refractivity contribution >= 4 is 58.5 Å². The molecule has 372 valence electrons. The minimum absolute atomic E-state index is 0. The largest absolute Gasteiger partial charge is 0.459 e. The van der Waals surface area contributed by atoms with Crippen LogP contribution in [0.5, 0.6) is 0 Å². The van der Waals surface area contributed by atoms with Gasteiger partial charge in [-0.1, -0.05) is 75.2 Å². The van der Waals surface area contributed by atoms with Crippen LogP contribution in [0.15, 0.2) is 86.0 Å². The maximum absolute atomic E-state index is 14.5. The van der Waals surface area contributed by atoms with E-state index in [1.807, 2.05) is 0 Å². The number of hydrogen-bond acceptors (Lipinski definition) is 12. The van der Waals surface area contributed by atoms with E-state index >= 15 is 0 Å². The van der Waals surface area contributed by atoms with Crippen LogP contribution in [0.3, 0.4) is 0 Å². The maximum atomic E-state index is 14.5. The molecule has 15 nitrogen and oxygen atoms in total. The minimum Gasteiger partial charge on any atom is -0.459 e. The summed E-state index contributed by atoms with van der Waals surface area (Å²) >= 11 is 11.7. The second kappa shape index (κ2) is 25.4. The van der Waals surface area contributed by atoms with E-state index in [9.17, 15) is 74.5 Å². The molecule has 2 N–H and O–H groups in total. The van der Waals surface area contributed by atoms with Crippen molar-refractivity contribution in [2.75, 3.05) is 13.2 Å². The van der Waals surface area contributed by atoms with Crippen molar-refractivity contribution in [2.24, 2.45) is 0 Å². The molecule has 0 aromatic heterocycles.